The maximum atomic E-state index is 12.5. The van der Waals surface area contributed by atoms with Crippen LogP contribution in [0, 0.1) is 0 Å². The third kappa shape index (κ3) is 4.36. The van der Waals surface area contributed by atoms with Gasteiger partial charge in [-0.1, -0.05) is 42.5 Å². The summed E-state index contributed by atoms with van der Waals surface area (Å²) < 4.78 is 11.1. The highest BCUT2D eigenvalue weighted by Gasteiger charge is 2.40. The first-order chi connectivity index (χ1) is 14.7. The number of nitrogens with zero attached hydrogens (tertiary/aromatic N) is 2. The summed E-state index contributed by atoms with van der Waals surface area (Å²) in [6.45, 7) is 4.56. The van der Waals surface area contributed by atoms with Gasteiger partial charge in [-0.15, -0.1) is 0 Å². The summed E-state index contributed by atoms with van der Waals surface area (Å²) in [4.78, 5) is 16.5. The monoisotopic (exact) mass is 425 g/mol. The van der Waals surface area contributed by atoms with Crippen LogP contribution in [0.3, 0.4) is 0 Å². The average Bonchev–Trinajstić information content (AvgIpc) is 3.17. The Morgan fingerprint density at radius 1 is 1.13 bits per heavy atom. The van der Waals surface area contributed by atoms with Crippen molar-refractivity contribution in [2.24, 2.45) is 0 Å². The van der Waals surface area contributed by atoms with Gasteiger partial charge in [0.1, 0.15) is 12.4 Å². The molecule has 2 aromatic carbocycles. The van der Waals surface area contributed by atoms with Crippen molar-refractivity contribution in [1.29, 1.82) is 0 Å². The summed E-state index contributed by atoms with van der Waals surface area (Å²) in [6.07, 6.45) is 1.49. The number of rotatable bonds is 5. The summed E-state index contributed by atoms with van der Waals surface area (Å²) in [6, 6.07) is 18.1. The maximum absolute atomic E-state index is 12.5. The van der Waals surface area contributed by atoms with E-state index in [1.807, 2.05) is 54.3 Å². The number of cyclic esters (lactones) is 1. The van der Waals surface area contributed by atoms with E-state index in [0.29, 0.717) is 18.3 Å². The zero-order valence-electron chi connectivity index (χ0n) is 17.1. The van der Waals surface area contributed by atoms with Gasteiger partial charge in [0, 0.05) is 19.1 Å². The van der Waals surface area contributed by atoms with Crippen LogP contribution < -0.4 is 10.1 Å². The molecule has 0 unspecified atom stereocenters. The largest absolute Gasteiger partial charge is 0.492 e. The van der Waals surface area contributed by atoms with Crippen LogP contribution in [-0.2, 0) is 4.74 Å². The molecule has 2 fully saturated rings. The van der Waals surface area contributed by atoms with E-state index in [4.69, 9.17) is 21.7 Å². The predicted molar refractivity (Wildman–Crippen MR) is 121 cm³/mol. The lowest BCUT2D eigenvalue weighted by Crippen LogP contribution is -2.48. The number of hydrogen-bond acceptors (Lipinski definition) is 4. The molecule has 2 aliphatic heterocycles. The van der Waals surface area contributed by atoms with Crippen molar-refractivity contribution >= 4 is 29.1 Å². The quantitative estimate of drug-likeness (QED) is 0.715. The number of piperidine rings is 1. The van der Waals surface area contributed by atoms with Crippen molar-refractivity contribution in [3.05, 3.63) is 60.2 Å². The molecule has 0 radical (unpaired) electrons. The second-order valence-corrected chi connectivity index (χ2v) is 7.87. The molecule has 7 heteroatoms. The Bertz CT molecular complexity index is 884. The zero-order valence-corrected chi connectivity index (χ0v) is 17.9. The van der Waals surface area contributed by atoms with E-state index in [0.717, 1.165) is 42.9 Å². The molecule has 0 aliphatic carbocycles. The Morgan fingerprint density at radius 2 is 1.83 bits per heavy atom. The van der Waals surface area contributed by atoms with E-state index in [9.17, 15) is 4.79 Å². The highest BCUT2D eigenvalue weighted by atomic mass is 32.1. The first-order valence-electron chi connectivity index (χ1n) is 10.4. The number of carbonyl (C=O) groups excluding carboxylic acids is 1. The number of anilines is 1. The van der Waals surface area contributed by atoms with E-state index in [1.54, 1.807) is 0 Å². The first kappa shape index (κ1) is 20.5. The van der Waals surface area contributed by atoms with Crippen LogP contribution >= 0.6 is 12.2 Å². The molecular formula is C23H27N3O3S. The Morgan fingerprint density at radius 3 is 2.57 bits per heavy atom. The highest BCUT2D eigenvalue weighted by molar-refractivity contribution is 7.80. The van der Waals surface area contributed by atoms with Gasteiger partial charge in [0.25, 0.3) is 0 Å². The summed E-state index contributed by atoms with van der Waals surface area (Å²) in [5.74, 6) is 0.794. The van der Waals surface area contributed by atoms with Crippen molar-refractivity contribution in [1.82, 2.24) is 9.80 Å². The van der Waals surface area contributed by atoms with E-state index in [-0.39, 0.29) is 18.2 Å². The van der Waals surface area contributed by atoms with Gasteiger partial charge < -0.3 is 19.7 Å². The third-order valence-corrected chi connectivity index (χ3v) is 6.03. The fraction of sp³-hybridized carbons (Fsp3) is 0.391. The van der Waals surface area contributed by atoms with Gasteiger partial charge in [0.15, 0.2) is 5.11 Å². The number of ether oxygens (including phenoxy) is 2. The standard InChI is InChI=1S/C23H27N3O3S/c1-2-28-21-11-7-6-10-19(21)24-22(30)25-14-12-18(13-15-25)26-20(16-29-23(26)27)17-8-4-3-5-9-17/h3-11,18,20H,2,12-16H2,1H3,(H,24,30)/t20-/m0/s1. The molecule has 0 spiro atoms. The highest BCUT2D eigenvalue weighted by Crippen LogP contribution is 2.33. The van der Waals surface area contributed by atoms with Crippen molar-refractivity contribution in [3.8, 4) is 5.75 Å². The average molecular weight is 426 g/mol. The van der Waals surface area contributed by atoms with Crippen LogP contribution in [0.25, 0.3) is 0 Å². The number of hydrogen-bond donors (Lipinski definition) is 1. The smallest absolute Gasteiger partial charge is 0.410 e. The number of amides is 1. The fourth-order valence-electron chi connectivity index (χ4n) is 4.16. The molecule has 1 N–H and O–H groups in total. The minimum absolute atomic E-state index is 0.0154. The molecule has 1 atom stereocenters. The van der Waals surface area contributed by atoms with Gasteiger partial charge in [-0.05, 0) is 49.7 Å². The number of carbonyl (C=O) groups is 1. The molecule has 4 rings (SSSR count). The van der Waals surface area contributed by atoms with E-state index >= 15 is 0 Å². The van der Waals surface area contributed by atoms with Crippen LogP contribution in [0.2, 0.25) is 0 Å². The first-order valence-corrected chi connectivity index (χ1v) is 10.9. The van der Waals surface area contributed by atoms with Crippen LogP contribution in [-0.4, -0.2) is 53.4 Å². The molecule has 0 saturated carbocycles. The van der Waals surface area contributed by atoms with Gasteiger partial charge in [-0.25, -0.2) is 4.79 Å². The molecule has 2 saturated heterocycles. The molecule has 1 amide bonds. The number of likely N-dealkylation sites (tertiary alicyclic amines) is 1. The molecule has 0 bridgehead atoms. The maximum Gasteiger partial charge on any atom is 0.410 e. The van der Waals surface area contributed by atoms with Crippen LogP contribution in [0.5, 0.6) is 5.75 Å². The summed E-state index contributed by atoms with van der Waals surface area (Å²) in [7, 11) is 0. The van der Waals surface area contributed by atoms with Gasteiger partial charge >= 0.3 is 6.09 Å². The predicted octanol–water partition coefficient (Wildman–Crippen LogP) is 4.44. The molecule has 2 heterocycles. The van der Waals surface area contributed by atoms with Crippen molar-refractivity contribution in [2.75, 3.05) is 31.6 Å². The Kier molecular flexibility index (Phi) is 6.38. The van der Waals surface area contributed by atoms with E-state index < -0.39 is 0 Å². The van der Waals surface area contributed by atoms with Crippen molar-refractivity contribution in [2.45, 2.75) is 31.8 Å². The normalized spacial score (nSPS) is 19.5. The number of benzene rings is 2. The van der Waals surface area contributed by atoms with Gasteiger partial charge in [0.05, 0.1) is 18.3 Å². The van der Waals surface area contributed by atoms with Crippen molar-refractivity contribution in [3.63, 3.8) is 0 Å². The van der Waals surface area contributed by atoms with Gasteiger partial charge in [-0.2, -0.15) is 0 Å². The lowest BCUT2D eigenvalue weighted by molar-refractivity contribution is 0.123. The Labute approximate surface area is 182 Å². The van der Waals surface area contributed by atoms with E-state index in [2.05, 4.69) is 22.3 Å². The Balaban J connectivity index is 1.38. The molecule has 30 heavy (non-hydrogen) atoms. The SMILES string of the molecule is CCOc1ccccc1NC(=S)N1CCC(N2C(=O)OC[C@H]2c2ccccc2)CC1. The van der Waals surface area contributed by atoms with Crippen LogP contribution in [0.4, 0.5) is 10.5 Å². The minimum Gasteiger partial charge on any atom is -0.492 e. The third-order valence-electron chi connectivity index (χ3n) is 5.67. The molecule has 6 nitrogen and oxygen atoms in total. The van der Waals surface area contributed by atoms with Crippen LogP contribution in [0.15, 0.2) is 54.6 Å². The Hall–Kier alpha value is -2.80. The van der Waals surface area contributed by atoms with Crippen LogP contribution in [0.1, 0.15) is 31.4 Å². The van der Waals surface area contributed by atoms with Crippen molar-refractivity contribution < 1.29 is 14.3 Å². The number of para-hydroxylation sites is 2. The molecular weight excluding hydrogens is 398 g/mol. The molecule has 2 aromatic rings. The second kappa shape index (κ2) is 9.34. The molecule has 2 aliphatic rings. The van der Waals surface area contributed by atoms with Gasteiger partial charge in [-0.3, -0.25) is 4.90 Å². The number of nitrogens with one attached hydrogen (secondary N) is 1. The van der Waals surface area contributed by atoms with Gasteiger partial charge in [0.2, 0.25) is 0 Å². The lowest BCUT2D eigenvalue weighted by atomic mass is 9.99. The molecule has 0 aromatic heterocycles. The zero-order chi connectivity index (χ0) is 20.9. The lowest BCUT2D eigenvalue weighted by Gasteiger charge is -2.39. The summed E-state index contributed by atoms with van der Waals surface area (Å²) >= 11 is 5.65. The summed E-state index contributed by atoms with van der Waals surface area (Å²) in [5.41, 5.74) is 1.99. The topological polar surface area (TPSA) is 54.0 Å². The second-order valence-electron chi connectivity index (χ2n) is 7.49. The minimum atomic E-state index is -0.214. The molecule has 158 valence electrons. The summed E-state index contributed by atoms with van der Waals surface area (Å²) in [5, 5.41) is 4.00. The number of thiocarbonyl (C=S) groups is 1. The fourth-order valence-corrected chi connectivity index (χ4v) is 4.45. The van der Waals surface area contributed by atoms with E-state index in [1.165, 1.54) is 0 Å².